The lowest BCUT2D eigenvalue weighted by Crippen LogP contribution is -2.68. The molecular formula is C55H92O23. The van der Waals surface area contributed by atoms with E-state index >= 15 is 0 Å². The molecule has 23 nitrogen and oxygen atoms in total. The van der Waals surface area contributed by atoms with E-state index in [1.165, 1.54) is 40.7 Å². The molecule has 5 aliphatic rings. The van der Waals surface area contributed by atoms with Gasteiger partial charge in [-0.3, -0.25) is 14.4 Å². The number of allylic oxidation sites excluding steroid dienone is 1. The van der Waals surface area contributed by atoms with Crippen LogP contribution in [0.1, 0.15) is 159 Å². The van der Waals surface area contributed by atoms with Crippen LogP contribution in [0.5, 0.6) is 0 Å². The number of carbonyl (C=O) groups is 4. The molecule has 2 bridgehead atoms. The molecule has 7 N–H and O–H groups in total. The maximum Gasteiger partial charge on any atom is 0.333 e. The number of aliphatic hydroxyl groups excluding tert-OH is 7. The number of hydrogen-bond donors (Lipinski definition) is 7. The van der Waals surface area contributed by atoms with Crippen molar-refractivity contribution in [2.24, 2.45) is 11.8 Å². The Bertz CT molecular complexity index is 1890. The summed E-state index contributed by atoms with van der Waals surface area (Å²) in [6.45, 7) is 15.0. The quantitative estimate of drug-likeness (QED) is 0.0536. The van der Waals surface area contributed by atoms with E-state index < -0.39 is 171 Å². The lowest BCUT2D eigenvalue weighted by Gasteiger charge is -2.50. The Morgan fingerprint density at radius 2 is 1.24 bits per heavy atom. The highest BCUT2D eigenvalue weighted by molar-refractivity contribution is 5.87. The SMILES string of the molecule is C/C=C(\C)C(=O)O[C@H]1[C@H](O)[C@@H](O)[C@H](O[C@@H]2[C@H]3OC(=O)CCCCCCCCC[C@H](CCCCC)O[C@@H]4O[C@H](C)[C@@H](O)[C@H](O)[C@H]4O[C@@H]4O[C@H](CO)[C@@H](OC(=O)[C@H](C)[C@@H](C)O)[C@H](O)[C@H]4O[C@H](O[C@H]2C)[C@@H]3OC(=O)[C@@H](C)CC)O[C@@H]1C. The van der Waals surface area contributed by atoms with Crippen LogP contribution in [0.3, 0.4) is 0 Å². The molecule has 0 aromatic heterocycles. The van der Waals surface area contributed by atoms with Gasteiger partial charge in [-0.1, -0.05) is 84.6 Å². The average molecular weight is 1120 g/mol. The second-order valence-electron chi connectivity index (χ2n) is 21.8. The van der Waals surface area contributed by atoms with Gasteiger partial charge in [0.05, 0.1) is 49.0 Å². The second kappa shape index (κ2) is 31.5. The molecular weight excluding hydrogens is 1030 g/mol. The van der Waals surface area contributed by atoms with Gasteiger partial charge in [0.15, 0.2) is 49.6 Å². The fourth-order valence-electron chi connectivity index (χ4n) is 9.99. The molecule has 78 heavy (non-hydrogen) atoms. The third kappa shape index (κ3) is 17.3. The maximum atomic E-state index is 14.1. The molecule has 0 aromatic carbocycles. The molecule has 5 saturated heterocycles. The fourth-order valence-corrected chi connectivity index (χ4v) is 9.99. The van der Waals surface area contributed by atoms with Crippen molar-refractivity contribution in [1.82, 2.24) is 0 Å². The van der Waals surface area contributed by atoms with Gasteiger partial charge >= 0.3 is 23.9 Å². The summed E-state index contributed by atoms with van der Waals surface area (Å²) in [7, 11) is 0. The first-order valence-electron chi connectivity index (χ1n) is 28.4. The topological polar surface area (TPSA) is 321 Å². The molecule has 5 rings (SSSR count). The zero-order valence-electron chi connectivity index (χ0n) is 47.2. The predicted octanol–water partition coefficient (Wildman–Crippen LogP) is 3.06. The first-order valence-corrected chi connectivity index (χ1v) is 28.4. The summed E-state index contributed by atoms with van der Waals surface area (Å²) >= 11 is 0. The van der Waals surface area contributed by atoms with E-state index in [2.05, 4.69) is 6.92 Å². The Hall–Kier alpha value is -2.98. The van der Waals surface area contributed by atoms with Crippen molar-refractivity contribution in [3.8, 4) is 0 Å². The van der Waals surface area contributed by atoms with E-state index in [1.54, 1.807) is 27.7 Å². The van der Waals surface area contributed by atoms with E-state index in [4.69, 9.17) is 56.8 Å². The number of ether oxygens (including phenoxy) is 12. The highest BCUT2D eigenvalue weighted by Crippen LogP contribution is 2.39. The monoisotopic (exact) mass is 1120 g/mol. The van der Waals surface area contributed by atoms with E-state index in [1.807, 2.05) is 0 Å². The number of hydrogen-bond acceptors (Lipinski definition) is 23. The lowest BCUT2D eigenvalue weighted by atomic mass is 9.95. The molecule has 23 heteroatoms. The molecule has 0 aromatic rings. The summed E-state index contributed by atoms with van der Waals surface area (Å²) in [5, 5.41) is 79.6. The summed E-state index contributed by atoms with van der Waals surface area (Å²) in [6.07, 6.45) is -22.3. The van der Waals surface area contributed by atoms with Crippen LogP contribution >= 0.6 is 0 Å². The van der Waals surface area contributed by atoms with Crippen molar-refractivity contribution in [3.63, 3.8) is 0 Å². The van der Waals surface area contributed by atoms with E-state index in [9.17, 15) is 54.9 Å². The van der Waals surface area contributed by atoms with Crippen LogP contribution < -0.4 is 0 Å². The molecule has 0 aliphatic carbocycles. The Labute approximate surface area is 458 Å². The fraction of sp³-hybridized carbons (Fsp3) is 0.891. The third-order valence-corrected chi connectivity index (χ3v) is 15.7. The minimum Gasteiger partial charge on any atom is -0.456 e. The first kappa shape index (κ1) is 65.8. The number of unbranched alkanes of at least 4 members (excludes halogenated alkanes) is 2. The smallest absolute Gasteiger partial charge is 0.333 e. The summed E-state index contributed by atoms with van der Waals surface area (Å²) in [6, 6.07) is 0. The molecule has 0 radical (unpaired) electrons. The van der Waals surface area contributed by atoms with Crippen LogP contribution in [-0.4, -0.2) is 201 Å². The van der Waals surface area contributed by atoms with Gasteiger partial charge in [-0.05, 0) is 74.1 Å². The highest BCUT2D eigenvalue weighted by Gasteiger charge is 2.58. The lowest BCUT2D eigenvalue weighted by molar-refractivity contribution is -0.399. The van der Waals surface area contributed by atoms with Crippen molar-refractivity contribution in [3.05, 3.63) is 11.6 Å². The zero-order chi connectivity index (χ0) is 57.5. The largest absolute Gasteiger partial charge is 0.456 e. The molecule has 0 saturated carbocycles. The van der Waals surface area contributed by atoms with Crippen molar-refractivity contribution < 1.29 is 112 Å². The van der Waals surface area contributed by atoms with Crippen LogP contribution in [0.15, 0.2) is 11.6 Å². The molecule has 5 fully saturated rings. The standard InChI is InChI=1S/C55H92O23/c1-11-14-20-23-34-24-21-18-16-15-17-19-22-25-36(58)72-47-43(76-52-40(62)39(61)42(32(9)68-52)73-49(64)27(4)12-2)33(10)69-55(48(47)75-50(65)28(5)13-3)78-46-41(63)44(74-51(66)29(6)30(7)57)35(26-56)71-54(46)77-45-38(60)37(59)31(8)67-53(45)70-34/h12,28-35,37-48,52-57,59-63H,11,13-26H2,1-10H3/b27-12+/t28-,29+,30+,31+,32+,33-,34-,35+,37+,38-,39+,40+,41-,42+,43-,44+,45+,46+,47+,48+,52-,53-,54-,55-/m0/s1. The molecule has 5 heterocycles. The van der Waals surface area contributed by atoms with Crippen molar-refractivity contribution in [1.29, 1.82) is 0 Å². The zero-order valence-corrected chi connectivity index (χ0v) is 47.2. The van der Waals surface area contributed by atoms with Gasteiger partial charge in [-0.15, -0.1) is 0 Å². The van der Waals surface area contributed by atoms with Crippen molar-refractivity contribution in [2.75, 3.05) is 6.61 Å². The molecule has 0 amide bonds. The minimum absolute atomic E-state index is 0.0766. The van der Waals surface area contributed by atoms with Gasteiger partial charge in [0, 0.05) is 12.0 Å². The number of esters is 4. The van der Waals surface area contributed by atoms with Gasteiger partial charge in [0.25, 0.3) is 0 Å². The van der Waals surface area contributed by atoms with Gasteiger partial charge in [-0.25, -0.2) is 4.79 Å². The van der Waals surface area contributed by atoms with Gasteiger partial charge < -0.3 is 92.6 Å². The molecule has 450 valence electrons. The highest BCUT2D eigenvalue weighted by atomic mass is 16.8. The number of rotatable bonds is 15. The summed E-state index contributed by atoms with van der Waals surface area (Å²) in [5.41, 5.74) is 0.245. The predicted molar refractivity (Wildman–Crippen MR) is 273 cm³/mol. The van der Waals surface area contributed by atoms with Crippen LogP contribution in [0.2, 0.25) is 0 Å². The third-order valence-electron chi connectivity index (χ3n) is 15.7. The normalized spacial score (nSPS) is 40.2. The van der Waals surface area contributed by atoms with Gasteiger partial charge in [-0.2, -0.15) is 0 Å². The Kier molecular flexibility index (Phi) is 26.5. The van der Waals surface area contributed by atoms with Crippen molar-refractivity contribution >= 4 is 23.9 Å². The number of aliphatic hydroxyl groups is 7. The Morgan fingerprint density at radius 3 is 1.88 bits per heavy atom. The molecule has 0 spiro atoms. The van der Waals surface area contributed by atoms with E-state index in [0.717, 1.165) is 51.4 Å². The Morgan fingerprint density at radius 1 is 0.641 bits per heavy atom. The van der Waals surface area contributed by atoms with Crippen LogP contribution in [0.25, 0.3) is 0 Å². The number of carbonyl (C=O) groups excluding carboxylic acids is 4. The minimum atomic E-state index is -2.02. The summed E-state index contributed by atoms with van der Waals surface area (Å²) < 4.78 is 75.0. The maximum absolute atomic E-state index is 14.1. The van der Waals surface area contributed by atoms with Crippen LogP contribution in [0.4, 0.5) is 0 Å². The van der Waals surface area contributed by atoms with Crippen molar-refractivity contribution in [2.45, 2.75) is 294 Å². The average Bonchev–Trinajstić information content (AvgIpc) is 3.42. The summed E-state index contributed by atoms with van der Waals surface area (Å²) in [5.74, 6) is -5.16. The van der Waals surface area contributed by atoms with Gasteiger partial charge in [0.1, 0.15) is 54.9 Å². The molecule has 5 aliphatic heterocycles. The van der Waals surface area contributed by atoms with E-state index in [0.29, 0.717) is 32.1 Å². The second-order valence-corrected chi connectivity index (χ2v) is 21.8. The molecule has 0 unspecified atom stereocenters. The number of fused-ring (bicyclic) bond motifs is 4. The Balaban J connectivity index is 1.62. The molecule has 24 atom stereocenters. The first-order chi connectivity index (χ1) is 37.1. The van der Waals surface area contributed by atoms with Crippen LogP contribution in [-0.2, 0) is 76.0 Å². The van der Waals surface area contributed by atoms with Crippen LogP contribution in [0, 0.1) is 11.8 Å². The van der Waals surface area contributed by atoms with E-state index in [-0.39, 0.29) is 18.1 Å². The summed E-state index contributed by atoms with van der Waals surface area (Å²) in [4.78, 5) is 54.4. The van der Waals surface area contributed by atoms with Gasteiger partial charge in [0.2, 0.25) is 0 Å².